The van der Waals surface area contributed by atoms with E-state index in [0.717, 1.165) is 9.39 Å². The van der Waals surface area contributed by atoms with E-state index in [1.54, 1.807) is 7.11 Å². The van der Waals surface area contributed by atoms with Gasteiger partial charge in [0.25, 0.3) is 0 Å². The quantitative estimate of drug-likeness (QED) is 0.826. The van der Waals surface area contributed by atoms with E-state index >= 15 is 0 Å². The molecule has 0 amide bonds. The van der Waals surface area contributed by atoms with E-state index < -0.39 is 0 Å². The number of methoxy groups -OCH3 is 1. The molecule has 0 atom stereocenters. The third-order valence-electron chi connectivity index (χ3n) is 1.26. The Morgan fingerprint density at radius 2 is 2.27 bits per heavy atom. The van der Waals surface area contributed by atoms with Gasteiger partial charge in [0.05, 0.1) is 10.7 Å². The van der Waals surface area contributed by atoms with Gasteiger partial charge in [0, 0.05) is 7.05 Å². The minimum absolute atomic E-state index is 0.664. The van der Waals surface area contributed by atoms with Gasteiger partial charge in [0.1, 0.15) is 5.82 Å². The van der Waals surface area contributed by atoms with Crippen molar-refractivity contribution >= 4 is 28.4 Å². The molecule has 0 unspecified atom stereocenters. The lowest BCUT2D eigenvalue weighted by molar-refractivity contribution is 0.395. The van der Waals surface area contributed by atoms with E-state index in [2.05, 4.69) is 32.9 Å². The van der Waals surface area contributed by atoms with Crippen LogP contribution in [0.1, 0.15) is 0 Å². The SMILES string of the molecule is CNc1ccc(I)c(OC)n1. The van der Waals surface area contributed by atoms with Gasteiger partial charge in [-0.25, -0.2) is 0 Å². The molecule has 3 nitrogen and oxygen atoms in total. The maximum absolute atomic E-state index is 5.03. The third-order valence-corrected chi connectivity index (χ3v) is 2.08. The maximum atomic E-state index is 5.03. The molecule has 1 heterocycles. The smallest absolute Gasteiger partial charge is 0.228 e. The fourth-order valence-electron chi connectivity index (χ4n) is 0.706. The Morgan fingerprint density at radius 3 is 2.82 bits per heavy atom. The average Bonchev–Trinajstić information content (AvgIpc) is 2.05. The number of aromatic nitrogens is 1. The zero-order valence-corrected chi connectivity index (χ0v) is 8.55. The molecule has 0 aliphatic carbocycles. The van der Waals surface area contributed by atoms with Gasteiger partial charge < -0.3 is 10.1 Å². The monoisotopic (exact) mass is 264 g/mol. The van der Waals surface area contributed by atoms with Crippen molar-refractivity contribution in [2.45, 2.75) is 0 Å². The largest absolute Gasteiger partial charge is 0.480 e. The summed E-state index contributed by atoms with van der Waals surface area (Å²) in [6.07, 6.45) is 0. The second-order valence-electron chi connectivity index (χ2n) is 1.94. The van der Waals surface area contributed by atoms with Gasteiger partial charge in [-0.15, -0.1) is 0 Å². The highest BCUT2D eigenvalue weighted by atomic mass is 127. The standard InChI is InChI=1S/C7H9IN2O/c1-9-6-4-3-5(8)7(10-6)11-2/h3-4H,1-2H3,(H,9,10). The molecule has 0 radical (unpaired) electrons. The normalized spacial score (nSPS) is 9.36. The van der Waals surface area contributed by atoms with Crippen molar-refractivity contribution in [3.63, 3.8) is 0 Å². The highest BCUT2D eigenvalue weighted by Crippen LogP contribution is 2.19. The zero-order chi connectivity index (χ0) is 8.27. The minimum atomic E-state index is 0.664. The lowest BCUT2D eigenvalue weighted by Crippen LogP contribution is -1.96. The van der Waals surface area contributed by atoms with Crippen LogP contribution < -0.4 is 10.1 Å². The van der Waals surface area contributed by atoms with Crippen molar-refractivity contribution in [2.75, 3.05) is 19.5 Å². The molecule has 0 aliphatic rings. The van der Waals surface area contributed by atoms with Gasteiger partial charge in [0.2, 0.25) is 5.88 Å². The Hall–Kier alpha value is -0.520. The summed E-state index contributed by atoms with van der Waals surface area (Å²) >= 11 is 2.18. The molecule has 1 aromatic rings. The molecule has 0 fully saturated rings. The second kappa shape index (κ2) is 3.75. The molecular formula is C7H9IN2O. The van der Waals surface area contributed by atoms with Crippen molar-refractivity contribution < 1.29 is 4.74 Å². The van der Waals surface area contributed by atoms with Crippen LogP contribution in [0.25, 0.3) is 0 Å². The number of hydrogen-bond donors (Lipinski definition) is 1. The van der Waals surface area contributed by atoms with Crippen LogP contribution in [0.5, 0.6) is 5.88 Å². The maximum Gasteiger partial charge on any atom is 0.228 e. The lowest BCUT2D eigenvalue weighted by Gasteiger charge is -2.03. The van der Waals surface area contributed by atoms with Gasteiger partial charge in [-0.3, -0.25) is 0 Å². The molecule has 0 aromatic carbocycles. The number of hydrogen-bond acceptors (Lipinski definition) is 3. The molecule has 60 valence electrons. The number of nitrogens with zero attached hydrogens (tertiary/aromatic N) is 1. The summed E-state index contributed by atoms with van der Waals surface area (Å²) in [6.45, 7) is 0. The molecule has 0 saturated heterocycles. The van der Waals surface area contributed by atoms with Crippen LogP contribution in [-0.4, -0.2) is 19.1 Å². The highest BCUT2D eigenvalue weighted by molar-refractivity contribution is 14.1. The van der Waals surface area contributed by atoms with Crippen LogP contribution in [0, 0.1) is 3.57 Å². The molecule has 0 aliphatic heterocycles. The summed E-state index contributed by atoms with van der Waals surface area (Å²) in [4.78, 5) is 4.17. The topological polar surface area (TPSA) is 34.1 Å². The van der Waals surface area contributed by atoms with Crippen molar-refractivity contribution in [3.05, 3.63) is 15.7 Å². The summed E-state index contributed by atoms with van der Waals surface area (Å²) in [5, 5.41) is 2.93. The predicted octanol–water partition coefficient (Wildman–Crippen LogP) is 1.74. The zero-order valence-electron chi connectivity index (χ0n) is 6.39. The first-order chi connectivity index (χ1) is 5.27. The summed E-state index contributed by atoms with van der Waals surface area (Å²) in [7, 11) is 3.44. The van der Waals surface area contributed by atoms with Crippen LogP contribution in [0.4, 0.5) is 5.82 Å². The van der Waals surface area contributed by atoms with Gasteiger partial charge in [-0.05, 0) is 34.7 Å². The van der Waals surface area contributed by atoms with E-state index in [-0.39, 0.29) is 0 Å². The first kappa shape index (κ1) is 8.58. The van der Waals surface area contributed by atoms with E-state index in [1.807, 2.05) is 19.2 Å². The molecule has 0 bridgehead atoms. The Kier molecular flexibility index (Phi) is 2.92. The number of nitrogens with one attached hydrogen (secondary N) is 1. The number of ether oxygens (including phenoxy) is 1. The fourth-order valence-corrected chi connectivity index (χ4v) is 1.23. The lowest BCUT2D eigenvalue weighted by atomic mass is 10.4. The summed E-state index contributed by atoms with van der Waals surface area (Å²) in [5.74, 6) is 1.49. The number of halogens is 1. The first-order valence-corrected chi connectivity index (χ1v) is 4.24. The molecule has 1 aromatic heterocycles. The highest BCUT2D eigenvalue weighted by Gasteiger charge is 2.00. The second-order valence-corrected chi connectivity index (χ2v) is 3.10. The number of pyridine rings is 1. The van der Waals surface area contributed by atoms with E-state index in [9.17, 15) is 0 Å². The number of rotatable bonds is 2. The van der Waals surface area contributed by atoms with Gasteiger partial charge in [-0.2, -0.15) is 4.98 Å². The Bertz CT molecular complexity index is 252. The van der Waals surface area contributed by atoms with E-state index in [4.69, 9.17) is 4.74 Å². The number of anilines is 1. The molecule has 0 saturated carbocycles. The van der Waals surface area contributed by atoms with Crippen molar-refractivity contribution in [1.29, 1.82) is 0 Å². The van der Waals surface area contributed by atoms with Crippen LogP contribution in [0.3, 0.4) is 0 Å². The Balaban J connectivity index is 3.02. The van der Waals surface area contributed by atoms with Crippen molar-refractivity contribution in [2.24, 2.45) is 0 Å². The molecule has 4 heteroatoms. The molecule has 1 N–H and O–H groups in total. The van der Waals surface area contributed by atoms with Crippen LogP contribution >= 0.6 is 22.6 Å². The van der Waals surface area contributed by atoms with Crippen LogP contribution in [0.15, 0.2) is 12.1 Å². The molecular weight excluding hydrogens is 255 g/mol. The summed E-state index contributed by atoms with van der Waals surface area (Å²) in [6, 6.07) is 3.86. The van der Waals surface area contributed by atoms with E-state index in [0.29, 0.717) is 5.88 Å². The summed E-state index contributed by atoms with van der Waals surface area (Å²) < 4.78 is 6.05. The predicted molar refractivity (Wildman–Crippen MR) is 53.1 cm³/mol. The Morgan fingerprint density at radius 1 is 1.55 bits per heavy atom. The van der Waals surface area contributed by atoms with Gasteiger partial charge in [-0.1, -0.05) is 0 Å². The molecule has 11 heavy (non-hydrogen) atoms. The average molecular weight is 264 g/mol. The van der Waals surface area contributed by atoms with Crippen LogP contribution in [-0.2, 0) is 0 Å². The van der Waals surface area contributed by atoms with E-state index in [1.165, 1.54) is 0 Å². The Labute approximate surface area is 79.3 Å². The molecule has 1 rings (SSSR count). The van der Waals surface area contributed by atoms with Gasteiger partial charge >= 0.3 is 0 Å². The third kappa shape index (κ3) is 1.95. The minimum Gasteiger partial charge on any atom is -0.480 e. The summed E-state index contributed by atoms with van der Waals surface area (Å²) in [5.41, 5.74) is 0. The fraction of sp³-hybridized carbons (Fsp3) is 0.286. The van der Waals surface area contributed by atoms with Crippen molar-refractivity contribution in [3.8, 4) is 5.88 Å². The first-order valence-electron chi connectivity index (χ1n) is 3.16. The van der Waals surface area contributed by atoms with Crippen molar-refractivity contribution in [1.82, 2.24) is 4.98 Å². The van der Waals surface area contributed by atoms with Gasteiger partial charge in [0.15, 0.2) is 0 Å². The molecule has 0 spiro atoms. The van der Waals surface area contributed by atoms with Crippen LogP contribution in [0.2, 0.25) is 0 Å².